The molecule has 2 aromatic rings. The second-order valence-corrected chi connectivity index (χ2v) is 7.60. The van der Waals surface area contributed by atoms with Crippen LogP contribution in [0.2, 0.25) is 0 Å². The lowest BCUT2D eigenvalue weighted by Gasteiger charge is -2.13. The molecule has 19 heavy (non-hydrogen) atoms. The van der Waals surface area contributed by atoms with Crippen LogP contribution in [0.25, 0.3) is 10.2 Å². The molecule has 1 fully saturated rings. The molecule has 0 spiro atoms. The highest BCUT2D eigenvalue weighted by Gasteiger charge is 2.19. The lowest BCUT2D eigenvalue weighted by molar-refractivity contribution is 0.587. The Morgan fingerprint density at radius 1 is 1.37 bits per heavy atom. The standard InChI is InChI=1S/C16H22N2S/c1-16(2,3)15-18-13-7-6-11(10-14(13)19-15)9-12-5-4-8-17-12/h6-7,10,12,17H,4-5,8-9H2,1-3H3. The van der Waals surface area contributed by atoms with E-state index in [-0.39, 0.29) is 5.41 Å². The number of fused-ring (bicyclic) bond motifs is 1. The molecule has 1 aliphatic heterocycles. The van der Waals surface area contributed by atoms with E-state index in [4.69, 9.17) is 4.98 Å². The van der Waals surface area contributed by atoms with Crippen molar-refractivity contribution in [1.29, 1.82) is 0 Å². The van der Waals surface area contributed by atoms with Crippen molar-refractivity contribution in [2.45, 2.75) is 51.5 Å². The zero-order valence-corrected chi connectivity index (χ0v) is 12.8. The average molecular weight is 274 g/mol. The number of hydrogen-bond donors (Lipinski definition) is 1. The van der Waals surface area contributed by atoms with Gasteiger partial charge in [-0.1, -0.05) is 26.8 Å². The van der Waals surface area contributed by atoms with Crippen molar-refractivity contribution in [3.63, 3.8) is 0 Å². The van der Waals surface area contributed by atoms with Gasteiger partial charge in [0.25, 0.3) is 0 Å². The van der Waals surface area contributed by atoms with Gasteiger partial charge in [-0.15, -0.1) is 11.3 Å². The fraction of sp³-hybridized carbons (Fsp3) is 0.562. The molecule has 1 aromatic carbocycles. The molecule has 3 rings (SSSR count). The average Bonchev–Trinajstić information content (AvgIpc) is 2.95. The number of hydrogen-bond acceptors (Lipinski definition) is 3. The van der Waals surface area contributed by atoms with Crippen LogP contribution in [0.4, 0.5) is 0 Å². The Labute approximate surface area is 119 Å². The third-order valence-corrected chi connectivity index (χ3v) is 5.18. The molecule has 1 N–H and O–H groups in total. The monoisotopic (exact) mass is 274 g/mol. The maximum Gasteiger partial charge on any atom is 0.0992 e. The van der Waals surface area contributed by atoms with Crippen LogP contribution in [0, 0.1) is 0 Å². The predicted molar refractivity (Wildman–Crippen MR) is 83.0 cm³/mol. The zero-order chi connectivity index (χ0) is 13.5. The summed E-state index contributed by atoms with van der Waals surface area (Å²) in [7, 11) is 0. The highest BCUT2D eigenvalue weighted by atomic mass is 32.1. The number of thiazole rings is 1. The molecule has 1 aliphatic rings. The van der Waals surface area contributed by atoms with Crippen molar-refractivity contribution < 1.29 is 0 Å². The normalized spacial score (nSPS) is 20.3. The highest BCUT2D eigenvalue weighted by Crippen LogP contribution is 2.31. The van der Waals surface area contributed by atoms with E-state index in [1.165, 1.54) is 34.7 Å². The fourth-order valence-electron chi connectivity index (χ4n) is 2.63. The van der Waals surface area contributed by atoms with Gasteiger partial charge < -0.3 is 5.32 Å². The number of rotatable bonds is 2. The Kier molecular flexibility index (Phi) is 3.35. The number of benzene rings is 1. The van der Waals surface area contributed by atoms with Crippen LogP contribution < -0.4 is 5.32 Å². The summed E-state index contributed by atoms with van der Waals surface area (Å²) in [5, 5.41) is 4.81. The molecule has 1 aromatic heterocycles. The number of nitrogens with zero attached hydrogens (tertiary/aromatic N) is 1. The topological polar surface area (TPSA) is 24.9 Å². The molecule has 2 nitrogen and oxygen atoms in total. The van der Waals surface area contributed by atoms with E-state index in [0.717, 1.165) is 11.9 Å². The van der Waals surface area contributed by atoms with Crippen molar-refractivity contribution in [1.82, 2.24) is 10.3 Å². The first-order chi connectivity index (χ1) is 9.02. The van der Waals surface area contributed by atoms with Crippen molar-refractivity contribution in [2.24, 2.45) is 0 Å². The predicted octanol–water partition coefficient (Wildman–Crippen LogP) is 3.89. The smallest absolute Gasteiger partial charge is 0.0992 e. The summed E-state index contributed by atoms with van der Waals surface area (Å²) in [5.41, 5.74) is 2.74. The molecular formula is C16H22N2S. The molecule has 0 aliphatic carbocycles. The summed E-state index contributed by atoms with van der Waals surface area (Å²) in [5.74, 6) is 0. The molecular weight excluding hydrogens is 252 g/mol. The number of aromatic nitrogens is 1. The zero-order valence-electron chi connectivity index (χ0n) is 12.0. The third-order valence-electron chi connectivity index (χ3n) is 3.74. The fourth-order valence-corrected chi connectivity index (χ4v) is 3.72. The Bertz CT molecular complexity index is 574. The van der Waals surface area contributed by atoms with Gasteiger partial charge in [-0.25, -0.2) is 4.98 Å². The summed E-state index contributed by atoms with van der Waals surface area (Å²) in [4.78, 5) is 4.76. The van der Waals surface area contributed by atoms with Crippen LogP contribution in [-0.2, 0) is 11.8 Å². The highest BCUT2D eigenvalue weighted by molar-refractivity contribution is 7.18. The van der Waals surface area contributed by atoms with Gasteiger partial charge in [0, 0.05) is 11.5 Å². The summed E-state index contributed by atoms with van der Waals surface area (Å²) in [6.07, 6.45) is 3.79. The van der Waals surface area contributed by atoms with E-state index in [1.807, 2.05) is 11.3 Å². The van der Waals surface area contributed by atoms with E-state index in [0.29, 0.717) is 6.04 Å². The Balaban J connectivity index is 1.87. The molecule has 2 heterocycles. The summed E-state index contributed by atoms with van der Waals surface area (Å²) in [6, 6.07) is 7.44. The molecule has 1 atom stereocenters. The first kappa shape index (κ1) is 13.1. The van der Waals surface area contributed by atoms with E-state index in [2.05, 4.69) is 44.3 Å². The van der Waals surface area contributed by atoms with Crippen LogP contribution in [0.3, 0.4) is 0 Å². The first-order valence-electron chi connectivity index (χ1n) is 7.16. The Morgan fingerprint density at radius 2 is 2.21 bits per heavy atom. The van der Waals surface area contributed by atoms with Gasteiger partial charge in [0.2, 0.25) is 0 Å². The SMILES string of the molecule is CC(C)(C)c1nc2ccc(CC3CCCN3)cc2s1. The van der Waals surface area contributed by atoms with Crippen molar-refractivity contribution in [2.75, 3.05) is 6.54 Å². The van der Waals surface area contributed by atoms with Crippen LogP contribution in [0.1, 0.15) is 44.2 Å². The lowest BCUT2D eigenvalue weighted by Crippen LogP contribution is -2.23. The molecule has 3 heteroatoms. The van der Waals surface area contributed by atoms with Gasteiger partial charge in [0.1, 0.15) is 0 Å². The van der Waals surface area contributed by atoms with Crippen molar-refractivity contribution >= 4 is 21.6 Å². The van der Waals surface area contributed by atoms with Crippen molar-refractivity contribution in [3.8, 4) is 0 Å². The maximum atomic E-state index is 4.76. The van der Waals surface area contributed by atoms with Gasteiger partial charge in [0.05, 0.1) is 15.2 Å². The second-order valence-electron chi connectivity index (χ2n) is 6.57. The Morgan fingerprint density at radius 3 is 2.89 bits per heavy atom. The van der Waals surface area contributed by atoms with Gasteiger partial charge in [-0.05, 0) is 43.5 Å². The summed E-state index contributed by atoms with van der Waals surface area (Å²) >= 11 is 1.84. The molecule has 102 valence electrons. The maximum absolute atomic E-state index is 4.76. The first-order valence-corrected chi connectivity index (χ1v) is 7.97. The lowest BCUT2D eigenvalue weighted by atomic mass is 9.98. The van der Waals surface area contributed by atoms with E-state index in [1.54, 1.807) is 0 Å². The van der Waals surface area contributed by atoms with Crippen LogP contribution in [-0.4, -0.2) is 17.6 Å². The number of nitrogens with one attached hydrogen (secondary N) is 1. The minimum atomic E-state index is 0.150. The molecule has 1 unspecified atom stereocenters. The van der Waals surface area contributed by atoms with Gasteiger partial charge in [0.15, 0.2) is 0 Å². The third kappa shape index (κ3) is 2.82. The minimum Gasteiger partial charge on any atom is -0.314 e. The molecule has 0 saturated carbocycles. The van der Waals surface area contributed by atoms with E-state index in [9.17, 15) is 0 Å². The van der Waals surface area contributed by atoms with Gasteiger partial charge in [-0.3, -0.25) is 0 Å². The summed E-state index contributed by atoms with van der Waals surface area (Å²) < 4.78 is 1.33. The quantitative estimate of drug-likeness (QED) is 0.898. The minimum absolute atomic E-state index is 0.150. The van der Waals surface area contributed by atoms with Crippen LogP contribution >= 0.6 is 11.3 Å². The molecule has 1 saturated heterocycles. The van der Waals surface area contributed by atoms with Gasteiger partial charge >= 0.3 is 0 Å². The molecule has 0 radical (unpaired) electrons. The van der Waals surface area contributed by atoms with Crippen molar-refractivity contribution in [3.05, 3.63) is 28.8 Å². The molecule has 0 amide bonds. The second kappa shape index (κ2) is 4.88. The Hall–Kier alpha value is -0.930. The van der Waals surface area contributed by atoms with Crippen LogP contribution in [0.5, 0.6) is 0 Å². The largest absolute Gasteiger partial charge is 0.314 e. The molecule has 0 bridgehead atoms. The van der Waals surface area contributed by atoms with E-state index >= 15 is 0 Å². The van der Waals surface area contributed by atoms with Gasteiger partial charge in [-0.2, -0.15) is 0 Å². The van der Waals surface area contributed by atoms with Crippen LogP contribution in [0.15, 0.2) is 18.2 Å². The van der Waals surface area contributed by atoms with E-state index < -0.39 is 0 Å². The summed E-state index contributed by atoms with van der Waals surface area (Å²) in [6.45, 7) is 7.87.